The summed E-state index contributed by atoms with van der Waals surface area (Å²) in [4.78, 5) is 17.3. The fraction of sp³-hybridized carbons (Fsp3) is 0.278. The van der Waals surface area contributed by atoms with Gasteiger partial charge in [-0.15, -0.1) is 11.8 Å². The molecule has 1 aliphatic heterocycles. The molecule has 0 atom stereocenters. The minimum absolute atomic E-state index is 0.0892. The second kappa shape index (κ2) is 8.21. The zero-order valence-electron chi connectivity index (χ0n) is 13.5. The second-order valence-electron chi connectivity index (χ2n) is 5.72. The first kappa shape index (κ1) is 18.2. The lowest BCUT2D eigenvalue weighted by atomic mass is 10.2. The summed E-state index contributed by atoms with van der Waals surface area (Å²) in [5, 5.41) is 10.5. The summed E-state index contributed by atoms with van der Waals surface area (Å²) in [6.07, 6.45) is 0. The van der Waals surface area contributed by atoms with Gasteiger partial charge >= 0.3 is 0 Å². The highest BCUT2D eigenvalue weighted by molar-refractivity contribution is 8.00. The van der Waals surface area contributed by atoms with Crippen LogP contribution in [0, 0.1) is 0 Å². The number of piperazine rings is 1. The molecular weight excluding hydrogens is 379 g/mol. The number of carbonyl (C=O) groups excluding carboxylic acids is 1. The maximum Gasteiger partial charge on any atom is 0.233 e. The van der Waals surface area contributed by atoms with E-state index >= 15 is 0 Å². The van der Waals surface area contributed by atoms with Gasteiger partial charge in [-0.2, -0.15) is 0 Å². The number of rotatable bonds is 4. The van der Waals surface area contributed by atoms with Crippen molar-refractivity contribution >= 4 is 46.6 Å². The van der Waals surface area contributed by atoms with Gasteiger partial charge in [-0.25, -0.2) is 0 Å². The number of nitrogens with zero attached hydrogens (tertiary/aromatic N) is 2. The number of phenolic OH excluding ortho intramolecular Hbond substituents is 1. The molecular formula is C18H18Cl2N2O2S. The van der Waals surface area contributed by atoms with E-state index in [4.69, 9.17) is 23.2 Å². The lowest BCUT2D eigenvalue weighted by Crippen LogP contribution is -2.49. The number of hydrogen-bond donors (Lipinski definition) is 1. The number of aromatic hydroxyl groups is 1. The van der Waals surface area contributed by atoms with Gasteiger partial charge in [0.05, 0.1) is 15.8 Å². The first-order valence-electron chi connectivity index (χ1n) is 7.93. The maximum atomic E-state index is 12.4. The molecule has 0 aromatic heterocycles. The van der Waals surface area contributed by atoms with Crippen LogP contribution in [-0.2, 0) is 4.79 Å². The molecule has 1 N–H and O–H groups in total. The highest BCUT2D eigenvalue weighted by Crippen LogP contribution is 2.34. The largest absolute Gasteiger partial charge is 0.508 e. The highest BCUT2D eigenvalue weighted by Gasteiger charge is 2.21. The normalized spacial score (nSPS) is 14.6. The number of carbonyl (C=O) groups is 1. The van der Waals surface area contributed by atoms with Crippen molar-refractivity contribution in [1.82, 2.24) is 4.90 Å². The summed E-state index contributed by atoms with van der Waals surface area (Å²) in [5.74, 6) is 0.669. The Balaban J connectivity index is 1.52. The summed E-state index contributed by atoms with van der Waals surface area (Å²) >= 11 is 13.7. The summed E-state index contributed by atoms with van der Waals surface area (Å²) in [6, 6.07) is 12.5. The Morgan fingerprint density at radius 1 is 1.00 bits per heavy atom. The molecule has 2 aromatic rings. The Morgan fingerprint density at radius 2 is 1.60 bits per heavy atom. The zero-order chi connectivity index (χ0) is 17.8. The molecule has 2 aromatic carbocycles. The smallest absolute Gasteiger partial charge is 0.233 e. The first-order valence-corrected chi connectivity index (χ1v) is 9.67. The zero-order valence-corrected chi connectivity index (χ0v) is 15.8. The minimum atomic E-state index is 0.0892. The average molecular weight is 397 g/mol. The van der Waals surface area contributed by atoms with Gasteiger partial charge in [0, 0.05) is 36.8 Å². The van der Waals surface area contributed by atoms with Crippen LogP contribution in [0.3, 0.4) is 0 Å². The molecule has 0 unspecified atom stereocenters. The highest BCUT2D eigenvalue weighted by atomic mass is 35.5. The van der Waals surface area contributed by atoms with Crippen molar-refractivity contribution in [3.05, 3.63) is 52.5 Å². The molecule has 0 spiro atoms. The fourth-order valence-corrected chi connectivity index (χ4v) is 4.31. The quantitative estimate of drug-likeness (QED) is 0.788. The van der Waals surface area contributed by atoms with Crippen LogP contribution in [0.5, 0.6) is 5.75 Å². The van der Waals surface area contributed by atoms with Crippen LogP contribution in [-0.4, -0.2) is 47.8 Å². The molecule has 1 heterocycles. The van der Waals surface area contributed by atoms with Crippen molar-refractivity contribution in [2.24, 2.45) is 0 Å². The molecule has 1 amide bonds. The van der Waals surface area contributed by atoms with Crippen LogP contribution in [0.25, 0.3) is 0 Å². The molecule has 0 bridgehead atoms. The Hall–Kier alpha value is -1.56. The lowest BCUT2D eigenvalue weighted by molar-refractivity contribution is -0.128. The van der Waals surface area contributed by atoms with Crippen LogP contribution in [0.15, 0.2) is 47.4 Å². The Kier molecular flexibility index (Phi) is 5.99. The van der Waals surface area contributed by atoms with Gasteiger partial charge in [-0.1, -0.05) is 29.3 Å². The molecule has 1 aliphatic rings. The molecule has 132 valence electrons. The van der Waals surface area contributed by atoms with E-state index in [9.17, 15) is 9.90 Å². The maximum absolute atomic E-state index is 12.4. The van der Waals surface area contributed by atoms with Crippen LogP contribution in [0.4, 0.5) is 5.69 Å². The molecule has 25 heavy (non-hydrogen) atoms. The van der Waals surface area contributed by atoms with Gasteiger partial charge in [0.25, 0.3) is 0 Å². The fourth-order valence-electron chi connectivity index (χ4n) is 2.72. The van der Waals surface area contributed by atoms with E-state index in [0.717, 1.165) is 23.7 Å². The third kappa shape index (κ3) is 4.54. The van der Waals surface area contributed by atoms with Crippen molar-refractivity contribution in [3.8, 4) is 5.75 Å². The second-order valence-corrected chi connectivity index (χ2v) is 7.52. The summed E-state index contributed by atoms with van der Waals surface area (Å²) in [7, 11) is 0. The van der Waals surface area contributed by atoms with Gasteiger partial charge < -0.3 is 14.9 Å². The number of halogens is 2. The number of anilines is 1. The number of amides is 1. The molecule has 1 saturated heterocycles. The van der Waals surface area contributed by atoms with E-state index in [1.165, 1.54) is 11.8 Å². The number of phenols is 1. The lowest BCUT2D eigenvalue weighted by Gasteiger charge is -2.36. The molecule has 0 radical (unpaired) electrons. The Bertz CT molecular complexity index is 727. The van der Waals surface area contributed by atoms with Gasteiger partial charge in [-0.3, -0.25) is 4.79 Å². The van der Waals surface area contributed by atoms with Crippen molar-refractivity contribution in [3.63, 3.8) is 0 Å². The predicted molar refractivity (Wildman–Crippen MR) is 104 cm³/mol. The SMILES string of the molecule is O=C(CSc1c(Cl)cccc1Cl)N1CCN(c2ccc(O)cc2)CC1. The number of benzene rings is 2. The molecule has 4 nitrogen and oxygen atoms in total. The molecule has 3 rings (SSSR count). The van der Waals surface area contributed by atoms with E-state index in [2.05, 4.69) is 4.90 Å². The number of thioether (sulfide) groups is 1. The molecule has 0 aliphatic carbocycles. The first-order chi connectivity index (χ1) is 12.0. The molecule has 7 heteroatoms. The third-order valence-electron chi connectivity index (χ3n) is 4.11. The van der Waals surface area contributed by atoms with E-state index in [1.807, 2.05) is 17.0 Å². The van der Waals surface area contributed by atoms with Crippen molar-refractivity contribution < 1.29 is 9.90 Å². The van der Waals surface area contributed by atoms with Gasteiger partial charge in [0.1, 0.15) is 5.75 Å². The predicted octanol–water partition coefficient (Wildman–Crippen LogP) is 4.14. The molecule has 1 fully saturated rings. The minimum Gasteiger partial charge on any atom is -0.508 e. The summed E-state index contributed by atoms with van der Waals surface area (Å²) in [5.41, 5.74) is 1.06. The summed E-state index contributed by atoms with van der Waals surface area (Å²) < 4.78 is 0. The van der Waals surface area contributed by atoms with E-state index < -0.39 is 0 Å². The van der Waals surface area contributed by atoms with Gasteiger partial charge in [0.2, 0.25) is 5.91 Å². The number of hydrogen-bond acceptors (Lipinski definition) is 4. The van der Waals surface area contributed by atoms with E-state index in [-0.39, 0.29) is 11.7 Å². The third-order valence-corrected chi connectivity index (χ3v) is 6.08. The van der Waals surface area contributed by atoms with Gasteiger partial charge in [-0.05, 0) is 36.4 Å². The van der Waals surface area contributed by atoms with Crippen LogP contribution in [0.2, 0.25) is 10.0 Å². The van der Waals surface area contributed by atoms with Crippen molar-refractivity contribution in [2.45, 2.75) is 4.90 Å². The molecule has 0 saturated carbocycles. The van der Waals surface area contributed by atoms with Gasteiger partial charge in [0.15, 0.2) is 0 Å². The van der Waals surface area contributed by atoms with Crippen LogP contribution < -0.4 is 4.90 Å². The monoisotopic (exact) mass is 396 g/mol. The topological polar surface area (TPSA) is 43.8 Å². The Labute approximate surface area is 161 Å². The summed E-state index contributed by atoms with van der Waals surface area (Å²) in [6.45, 7) is 2.90. The average Bonchev–Trinajstić information content (AvgIpc) is 2.62. The van der Waals surface area contributed by atoms with Crippen molar-refractivity contribution in [2.75, 3.05) is 36.8 Å². The van der Waals surface area contributed by atoms with Crippen LogP contribution >= 0.6 is 35.0 Å². The Morgan fingerprint density at radius 3 is 2.20 bits per heavy atom. The standard InChI is InChI=1S/C18H18Cl2N2O2S/c19-15-2-1-3-16(20)18(15)25-12-17(24)22-10-8-21(9-11-22)13-4-6-14(23)7-5-13/h1-7,23H,8-12H2. The van der Waals surface area contributed by atoms with Crippen LogP contribution in [0.1, 0.15) is 0 Å². The van der Waals surface area contributed by atoms with E-state index in [1.54, 1.807) is 30.3 Å². The van der Waals surface area contributed by atoms with Crippen molar-refractivity contribution in [1.29, 1.82) is 0 Å². The van der Waals surface area contributed by atoms with E-state index in [0.29, 0.717) is 28.9 Å².